The molecule has 1 amide bonds. The minimum absolute atomic E-state index is 0.110. The van der Waals surface area contributed by atoms with Gasteiger partial charge in [-0.2, -0.15) is 0 Å². The summed E-state index contributed by atoms with van der Waals surface area (Å²) in [6.07, 6.45) is 3.77. The molecular formula is C18H23ClN4OS. The lowest BCUT2D eigenvalue weighted by Gasteiger charge is -2.30. The van der Waals surface area contributed by atoms with Crippen LogP contribution in [0.4, 0.5) is 5.95 Å². The normalized spacial score (nSPS) is 16.1. The zero-order valence-electron chi connectivity index (χ0n) is 14.8. The van der Waals surface area contributed by atoms with Crippen molar-refractivity contribution in [3.8, 4) is 0 Å². The van der Waals surface area contributed by atoms with Crippen LogP contribution >= 0.6 is 22.9 Å². The van der Waals surface area contributed by atoms with E-state index >= 15 is 0 Å². The Morgan fingerprint density at radius 3 is 2.68 bits per heavy atom. The lowest BCUT2D eigenvalue weighted by molar-refractivity contribution is 0.0898. The van der Waals surface area contributed by atoms with E-state index in [0.29, 0.717) is 5.95 Å². The van der Waals surface area contributed by atoms with Crippen LogP contribution in [0.5, 0.6) is 0 Å². The van der Waals surface area contributed by atoms with Crippen molar-refractivity contribution in [2.24, 2.45) is 5.41 Å². The molecule has 25 heavy (non-hydrogen) atoms. The van der Waals surface area contributed by atoms with Gasteiger partial charge in [0.25, 0.3) is 5.91 Å². The molecule has 0 aromatic carbocycles. The Kier molecular flexibility index (Phi) is 5.29. The van der Waals surface area contributed by atoms with Crippen LogP contribution in [0.2, 0.25) is 5.02 Å². The fraction of sp³-hybridized carbons (Fsp3) is 0.500. The molecule has 7 heteroatoms. The van der Waals surface area contributed by atoms with Crippen LogP contribution in [0, 0.1) is 5.41 Å². The molecule has 0 spiro atoms. The fourth-order valence-electron chi connectivity index (χ4n) is 2.96. The number of hydrogen-bond acceptors (Lipinski definition) is 5. The van der Waals surface area contributed by atoms with E-state index in [1.165, 1.54) is 6.20 Å². The summed E-state index contributed by atoms with van der Waals surface area (Å²) < 4.78 is 0. The fourth-order valence-corrected chi connectivity index (χ4v) is 4.15. The summed E-state index contributed by atoms with van der Waals surface area (Å²) in [5.74, 6) is 0.316. The van der Waals surface area contributed by atoms with Crippen molar-refractivity contribution >= 4 is 34.8 Å². The summed E-state index contributed by atoms with van der Waals surface area (Å²) in [4.78, 5) is 24.8. The molecule has 2 aromatic heterocycles. The summed E-state index contributed by atoms with van der Waals surface area (Å²) in [6.45, 7) is 8.16. The highest BCUT2D eigenvalue weighted by atomic mass is 35.5. The minimum Gasteiger partial charge on any atom is -0.342 e. The van der Waals surface area contributed by atoms with E-state index in [1.807, 2.05) is 17.5 Å². The summed E-state index contributed by atoms with van der Waals surface area (Å²) in [5, 5.41) is 5.41. The molecule has 1 N–H and O–H groups in total. The van der Waals surface area contributed by atoms with Crippen molar-refractivity contribution in [2.75, 3.05) is 18.0 Å². The summed E-state index contributed by atoms with van der Waals surface area (Å²) in [5.41, 5.74) is 0.113. The molecule has 5 nitrogen and oxygen atoms in total. The maximum atomic E-state index is 12.9. The first kappa shape index (κ1) is 18.1. The van der Waals surface area contributed by atoms with Crippen molar-refractivity contribution in [1.82, 2.24) is 15.3 Å². The molecule has 1 atom stereocenters. The molecule has 2 aromatic rings. The number of carbonyl (C=O) groups is 1. The summed E-state index contributed by atoms with van der Waals surface area (Å²) in [7, 11) is 0. The van der Waals surface area contributed by atoms with E-state index in [0.717, 1.165) is 30.8 Å². The number of aromatic nitrogens is 2. The number of anilines is 1. The maximum Gasteiger partial charge on any atom is 0.272 e. The molecule has 0 saturated carbocycles. The lowest BCUT2D eigenvalue weighted by Crippen LogP contribution is -2.37. The minimum atomic E-state index is -0.263. The molecule has 1 fully saturated rings. The van der Waals surface area contributed by atoms with Crippen molar-refractivity contribution in [3.63, 3.8) is 0 Å². The molecular weight excluding hydrogens is 356 g/mol. The monoisotopic (exact) mass is 378 g/mol. The third-order valence-corrected chi connectivity index (χ3v) is 5.52. The number of nitrogens with zero attached hydrogens (tertiary/aromatic N) is 3. The Morgan fingerprint density at radius 1 is 1.36 bits per heavy atom. The van der Waals surface area contributed by atoms with E-state index in [-0.39, 0.29) is 28.1 Å². The largest absolute Gasteiger partial charge is 0.342 e. The number of nitrogens with one attached hydrogen (secondary N) is 1. The highest BCUT2D eigenvalue weighted by Gasteiger charge is 2.30. The van der Waals surface area contributed by atoms with Crippen molar-refractivity contribution in [1.29, 1.82) is 0 Å². The van der Waals surface area contributed by atoms with Gasteiger partial charge in [0, 0.05) is 18.0 Å². The maximum absolute atomic E-state index is 12.9. The quantitative estimate of drug-likeness (QED) is 0.861. The van der Waals surface area contributed by atoms with E-state index in [2.05, 4.69) is 41.0 Å². The Hall–Kier alpha value is -1.66. The number of halogens is 1. The molecule has 3 heterocycles. The van der Waals surface area contributed by atoms with Crippen molar-refractivity contribution in [3.05, 3.63) is 39.3 Å². The first-order valence-electron chi connectivity index (χ1n) is 8.48. The SMILES string of the molecule is CC(C)(C)C(NC(=O)c1nc(N2CCCC2)ncc1Cl)c1cccs1. The van der Waals surface area contributed by atoms with Gasteiger partial charge in [-0.15, -0.1) is 11.3 Å². The van der Waals surface area contributed by atoms with Gasteiger partial charge in [0.05, 0.1) is 17.3 Å². The van der Waals surface area contributed by atoms with Crippen LogP contribution in [0.3, 0.4) is 0 Å². The Bertz CT molecular complexity index is 736. The van der Waals surface area contributed by atoms with Gasteiger partial charge in [-0.3, -0.25) is 4.79 Å². The van der Waals surface area contributed by atoms with E-state index in [9.17, 15) is 4.79 Å². The highest BCUT2D eigenvalue weighted by Crippen LogP contribution is 2.35. The van der Waals surface area contributed by atoms with Crippen LogP contribution in [-0.4, -0.2) is 29.0 Å². The van der Waals surface area contributed by atoms with Gasteiger partial charge in [0.2, 0.25) is 5.95 Å². The Labute approximate surface area is 157 Å². The number of hydrogen-bond donors (Lipinski definition) is 1. The molecule has 1 saturated heterocycles. The van der Waals surface area contributed by atoms with Crippen LogP contribution in [0.25, 0.3) is 0 Å². The van der Waals surface area contributed by atoms with Gasteiger partial charge in [-0.1, -0.05) is 38.4 Å². The second-order valence-electron chi connectivity index (χ2n) is 7.35. The molecule has 0 radical (unpaired) electrons. The number of rotatable bonds is 4. The van der Waals surface area contributed by atoms with E-state index < -0.39 is 0 Å². The van der Waals surface area contributed by atoms with Crippen LogP contribution in [-0.2, 0) is 0 Å². The summed E-state index contributed by atoms with van der Waals surface area (Å²) in [6, 6.07) is 3.92. The number of amides is 1. The molecule has 1 unspecified atom stereocenters. The molecule has 1 aliphatic rings. The number of thiophene rings is 1. The van der Waals surface area contributed by atoms with Crippen LogP contribution in [0.15, 0.2) is 23.7 Å². The Balaban J connectivity index is 1.85. The second-order valence-corrected chi connectivity index (χ2v) is 8.74. The number of carbonyl (C=O) groups excluding carboxylic acids is 1. The molecule has 0 bridgehead atoms. The van der Waals surface area contributed by atoms with Gasteiger partial charge >= 0.3 is 0 Å². The zero-order chi connectivity index (χ0) is 18.0. The van der Waals surface area contributed by atoms with Gasteiger partial charge in [0.15, 0.2) is 5.69 Å². The second kappa shape index (κ2) is 7.30. The zero-order valence-corrected chi connectivity index (χ0v) is 16.3. The third-order valence-electron chi connectivity index (χ3n) is 4.30. The molecule has 3 rings (SSSR count). The predicted octanol–water partition coefficient (Wildman–Crippen LogP) is 4.31. The Morgan fingerprint density at radius 2 is 2.08 bits per heavy atom. The van der Waals surface area contributed by atoms with Gasteiger partial charge in [0.1, 0.15) is 0 Å². The average molecular weight is 379 g/mol. The van der Waals surface area contributed by atoms with E-state index in [4.69, 9.17) is 11.6 Å². The van der Waals surface area contributed by atoms with Crippen molar-refractivity contribution < 1.29 is 4.79 Å². The topological polar surface area (TPSA) is 58.1 Å². The van der Waals surface area contributed by atoms with Gasteiger partial charge < -0.3 is 10.2 Å². The van der Waals surface area contributed by atoms with Crippen LogP contribution in [0.1, 0.15) is 55.0 Å². The van der Waals surface area contributed by atoms with Crippen molar-refractivity contribution in [2.45, 2.75) is 39.7 Å². The summed E-state index contributed by atoms with van der Waals surface area (Å²) >= 11 is 7.85. The molecule has 0 aliphatic carbocycles. The first-order valence-corrected chi connectivity index (χ1v) is 9.74. The predicted molar refractivity (Wildman–Crippen MR) is 102 cm³/mol. The lowest BCUT2D eigenvalue weighted by atomic mass is 9.85. The van der Waals surface area contributed by atoms with E-state index in [1.54, 1.807) is 11.3 Å². The molecule has 1 aliphatic heterocycles. The smallest absolute Gasteiger partial charge is 0.272 e. The van der Waals surface area contributed by atoms with Gasteiger partial charge in [-0.05, 0) is 29.7 Å². The third kappa shape index (κ3) is 4.12. The highest BCUT2D eigenvalue weighted by molar-refractivity contribution is 7.10. The molecule has 134 valence electrons. The standard InChI is InChI=1S/C18H23ClN4OS/c1-18(2,3)15(13-7-6-10-25-13)22-16(24)14-12(19)11-20-17(21-14)23-8-4-5-9-23/h6-7,10-11,15H,4-5,8-9H2,1-3H3,(H,22,24). The van der Waals surface area contributed by atoms with Crippen LogP contribution < -0.4 is 10.2 Å². The van der Waals surface area contributed by atoms with Gasteiger partial charge in [-0.25, -0.2) is 9.97 Å². The first-order chi connectivity index (χ1) is 11.9. The average Bonchev–Trinajstić information content (AvgIpc) is 3.25.